The van der Waals surface area contributed by atoms with Crippen LogP contribution in [0.2, 0.25) is 5.02 Å². The van der Waals surface area contributed by atoms with Gasteiger partial charge in [0.1, 0.15) is 5.82 Å². The number of anilines is 1. The molecule has 0 aliphatic carbocycles. The Hall–Kier alpha value is -2.57. The van der Waals surface area contributed by atoms with Gasteiger partial charge in [-0.15, -0.1) is 0 Å². The van der Waals surface area contributed by atoms with Crippen molar-refractivity contribution in [2.45, 2.75) is 30.2 Å². The fourth-order valence-electron chi connectivity index (χ4n) is 3.42. The molecule has 28 heavy (non-hydrogen) atoms. The Labute approximate surface area is 171 Å². The first-order valence-electron chi connectivity index (χ1n) is 8.88. The molecule has 1 amide bonds. The molecule has 1 atom stereocenters. The molecule has 4 rings (SSSR count). The van der Waals surface area contributed by atoms with Gasteiger partial charge < -0.3 is 10.3 Å². The number of rotatable bonds is 4. The number of hydrogen-bond acceptors (Lipinski definition) is 4. The summed E-state index contributed by atoms with van der Waals surface area (Å²) in [5, 5.41) is 3.88. The van der Waals surface area contributed by atoms with E-state index in [1.54, 1.807) is 0 Å². The summed E-state index contributed by atoms with van der Waals surface area (Å²) in [6.45, 7) is 1.98. The zero-order valence-electron chi connectivity index (χ0n) is 15.2. The lowest BCUT2D eigenvalue weighted by Crippen LogP contribution is -2.31. The van der Waals surface area contributed by atoms with Crippen LogP contribution in [0.1, 0.15) is 34.6 Å². The Morgan fingerprint density at radius 2 is 1.89 bits per heavy atom. The normalized spacial score (nSPS) is 15.8. The van der Waals surface area contributed by atoms with Gasteiger partial charge in [0.2, 0.25) is 5.91 Å². The van der Waals surface area contributed by atoms with Crippen molar-refractivity contribution in [2.75, 3.05) is 5.32 Å². The SMILES string of the molecule is Cc1ccccc1C1CC(=O)Nc2nc(SCc3ccccc3Cl)[nH]c(=O)c21. The summed E-state index contributed by atoms with van der Waals surface area (Å²) in [5.41, 5.74) is 3.26. The van der Waals surface area contributed by atoms with Gasteiger partial charge in [-0.3, -0.25) is 9.59 Å². The number of fused-ring (bicyclic) bond motifs is 1. The second-order valence-corrected chi connectivity index (χ2v) is 8.05. The molecule has 1 aromatic heterocycles. The summed E-state index contributed by atoms with van der Waals surface area (Å²) in [6, 6.07) is 15.4. The average molecular weight is 412 g/mol. The molecule has 0 radical (unpaired) electrons. The number of aryl methyl sites for hydroxylation is 1. The lowest BCUT2D eigenvalue weighted by atomic mass is 9.84. The van der Waals surface area contributed by atoms with Crippen molar-refractivity contribution >= 4 is 35.1 Å². The van der Waals surface area contributed by atoms with Crippen LogP contribution >= 0.6 is 23.4 Å². The molecule has 142 valence electrons. The maximum absolute atomic E-state index is 12.9. The number of amides is 1. The quantitative estimate of drug-likeness (QED) is 0.489. The van der Waals surface area contributed by atoms with E-state index >= 15 is 0 Å². The zero-order chi connectivity index (χ0) is 19.7. The average Bonchev–Trinajstić information content (AvgIpc) is 2.67. The number of H-pyrrole nitrogens is 1. The summed E-state index contributed by atoms with van der Waals surface area (Å²) in [5.74, 6) is 0.468. The first kappa shape index (κ1) is 18.8. The van der Waals surface area contributed by atoms with Crippen LogP contribution in [-0.4, -0.2) is 15.9 Å². The van der Waals surface area contributed by atoms with Crippen molar-refractivity contribution in [3.8, 4) is 0 Å². The summed E-state index contributed by atoms with van der Waals surface area (Å²) in [7, 11) is 0. The first-order chi connectivity index (χ1) is 13.5. The third-order valence-electron chi connectivity index (χ3n) is 4.82. The largest absolute Gasteiger partial charge is 0.310 e. The molecule has 0 fully saturated rings. The van der Waals surface area contributed by atoms with Gasteiger partial charge >= 0.3 is 0 Å². The van der Waals surface area contributed by atoms with Crippen molar-refractivity contribution < 1.29 is 4.79 Å². The highest BCUT2D eigenvalue weighted by Gasteiger charge is 2.31. The van der Waals surface area contributed by atoms with Gasteiger partial charge in [-0.2, -0.15) is 0 Å². The van der Waals surface area contributed by atoms with Crippen molar-refractivity contribution in [2.24, 2.45) is 0 Å². The minimum atomic E-state index is -0.302. The number of halogens is 1. The zero-order valence-corrected chi connectivity index (χ0v) is 16.7. The molecular weight excluding hydrogens is 394 g/mol. The fraction of sp³-hybridized carbons (Fsp3) is 0.190. The molecule has 5 nitrogen and oxygen atoms in total. The van der Waals surface area contributed by atoms with Crippen molar-refractivity contribution in [1.29, 1.82) is 0 Å². The smallest absolute Gasteiger partial charge is 0.257 e. The maximum Gasteiger partial charge on any atom is 0.257 e. The highest BCUT2D eigenvalue weighted by atomic mass is 35.5. The van der Waals surface area contributed by atoms with Gasteiger partial charge in [0, 0.05) is 23.1 Å². The standard InChI is InChI=1S/C21H18ClN3O2S/c1-12-6-2-4-8-14(12)15-10-17(26)23-19-18(15)20(27)25-21(24-19)28-11-13-7-3-5-9-16(13)22/h2-9,15H,10-11H2,1H3,(H2,23,24,25,26,27). The van der Waals surface area contributed by atoms with Crippen molar-refractivity contribution in [1.82, 2.24) is 9.97 Å². The number of nitrogens with one attached hydrogen (secondary N) is 2. The molecule has 2 N–H and O–H groups in total. The fourth-order valence-corrected chi connectivity index (χ4v) is 4.57. The second kappa shape index (κ2) is 7.81. The van der Waals surface area contributed by atoms with E-state index in [0.717, 1.165) is 16.7 Å². The van der Waals surface area contributed by atoms with Crippen LogP contribution in [0.4, 0.5) is 5.82 Å². The first-order valence-corrected chi connectivity index (χ1v) is 10.2. The number of aromatic nitrogens is 2. The van der Waals surface area contributed by atoms with Crippen LogP contribution in [0, 0.1) is 6.92 Å². The molecule has 3 aromatic rings. The highest BCUT2D eigenvalue weighted by Crippen LogP contribution is 2.36. The number of carbonyl (C=O) groups is 1. The molecule has 0 saturated carbocycles. The lowest BCUT2D eigenvalue weighted by molar-refractivity contribution is -0.116. The van der Waals surface area contributed by atoms with Gasteiger partial charge in [0.25, 0.3) is 5.56 Å². The molecule has 1 unspecified atom stereocenters. The summed E-state index contributed by atoms with van der Waals surface area (Å²) < 4.78 is 0. The van der Waals surface area contributed by atoms with E-state index in [4.69, 9.17) is 11.6 Å². The number of thioether (sulfide) groups is 1. The topological polar surface area (TPSA) is 74.8 Å². The maximum atomic E-state index is 12.9. The van der Waals surface area contributed by atoms with Crippen LogP contribution in [0.25, 0.3) is 0 Å². The molecular formula is C21H18ClN3O2S. The molecule has 7 heteroatoms. The summed E-state index contributed by atoms with van der Waals surface area (Å²) in [6.07, 6.45) is 0.231. The molecule has 0 saturated heterocycles. The molecule has 1 aliphatic heterocycles. The predicted molar refractivity (Wildman–Crippen MR) is 112 cm³/mol. The van der Waals surface area contributed by atoms with E-state index in [1.807, 2.05) is 55.5 Å². The number of benzene rings is 2. The third-order valence-corrected chi connectivity index (χ3v) is 6.11. The number of hydrogen-bond donors (Lipinski definition) is 2. The van der Waals surface area contributed by atoms with Gasteiger partial charge in [-0.05, 0) is 29.7 Å². The van der Waals surface area contributed by atoms with Crippen molar-refractivity contribution in [3.63, 3.8) is 0 Å². The molecule has 2 heterocycles. The number of aromatic amines is 1. The second-order valence-electron chi connectivity index (χ2n) is 6.67. The van der Waals surface area contributed by atoms with Gasteiger partial charge in [-0.1, -0.05) is 65.8 Å². The van der Waals surface area contributed by atoms with Crippen LogP contribution in [0.15, 0.2) is 58.5 Å². The number of carbonyl (C=O) groups excluding carboxylic acids is 1. The van der Waals surface area contributed by atoms with Crippen molar-refractivity contribution in [3.05, 3.63) is 86.2 Å². The van der Waals surface area contributed by atoms with E-state index in [0.29, 0.717) is 27.3 Å². The van der Waals surface area contributed by atoms with Gasteiger partial charge in [0.15, 0.2) is 5.16 Å². The van der Waals surface area contributed by atoms with Gasteiger partial charge in [-0.25, -0.2) is 4.98 Å². The molecule has 0 bridgehead atoms. The lowest BCUT2D eigenvalue weighted by Gasteiger charge is -2.25. The Bertz CT molecular complexity index is 1110. The minimum Gasteiger partial charge on any atom is -0.310 e. The summed E-state index contributed by atoms with van der Waals surface area (Å²) in [4.78, 5) is 32.5. The molecule has 0 spiro atoms. The van der Waals surface area contributed by atoms with E-state index in [9.17, 15) is 9.59 Å². The minimum absolute atomic E-state index is 0.138. The van der Waals surface area contributed by atoms with E-state index in [2.05, 4.69) is 15.3 Å². The van der Waals surface area contributed by atoms with E-state index < -0.39 is 0 Å². The van der Waals surface area contributed by atoms with Gasteiger partial charge in [0.05, 0.1) is 5.56 Å². The Morgan fingerprint density at radius 1 is 1.14 bits per heavy atom. The monoisotopic (exact) mass is 411 g/mol. The van der Waals surface area contributed by atoms with E-state index in [-0.39, 0.29) is 23.8 Å². The predicted octanol–water partition coefficient (Wildman–Crippen LogP) is 4.50. The van der Waals surface area contributed by atoms with Crippen LogP contribution in [-0.2, 0) is 10.5 Å². The Kier molecular flexibility index (Phi) is 5.24. The molecule has 1 aliphatic rings. The van der Waals surface area contributed by atoms with E-state index in [1.165, 1.54) is 11.8 Å². The Balaban J connectivity index is 1.68. The number of nitrogens with zero attached hydrogens (tertiary/aromatic N) is 1. The van der Waals surface area contributed by atoms with Crippen LogP contribution < -0.4 is 10.9 Å². The third kappa shape index (κ3) is 3.70. The highest BCUT2D eigenvalue weighted by molar-refractivity contribution is 7.98. The molecule has 2 aromatic carbocycles. The van der Waals surface area contributed by atoms with Crippen LogP contribution in [0.5, 0.6) is 0 Å². The van der Waals surface area contributed by atoms with Crippen LogP contribution in [0.3, 0.4) is 0 Å². The Morgan fingerprint density at radius 3 is 2.68 bits per heavy atom. The summed E-state index contributed by atoms with van der Waals surface area (Å²) >= 11 is 7.57.